The molecule has 1 aliphatic rings. The summed E-state index contributed by atoms with van der Waals surface area (Å²) < 4.78 is 17.7. The predicted octanol–water partition coefficient (Wildman–Crippen LogP) is 1.27. The maximum atomic E-state index is 12.9. The molecule has 0 atom stereocenters. The van der Waals surface area contributed by atoms with Gasteiger partial charge in [-0.2, -0.15) is 0 Å². The Hall–Kier alpha value is -2.12. The van der Waals surface area contributed by atoms with E-state index in [1.807, 2.05) is 6.92 Å². The van der Waals surface area contributed by atoms with Crippen LogP contribution in [0.5, 0.6) is 11.5 Å². The van der Waals surface area contributed by atoms with Gasteiger partial charge in [0.15, 0.2) is 11.5 Å². The number of hydrogen-bond acceptors (Lipinski definition) is 6. The molecule has 2 aromatic rings. The molecule has 7 nitrogen and oxygen atoms in total. The van der Waals surface area contributed by atoms with Crippen LogP contribution in [-0.2, 0) is 17.8 Å². The van der Waals surface area contributed by atoms with Gasteiger partial charge >= 0.3 is 0 Å². The second-order valence-electron chi connectivity index (χ2n) is 5.69. The van der Waals surface area contributed by atoms with Crippen LogP contribution in [0.15, 0.2) is 16.9 Å². The molecule has 0 saturated carbocycles. The molecular formula is C17H23N3O4. The third-order valence-electron chi connectivity index (χ3n) is 4.32. The summed E-state index contributed by atoms with van der Waals surface area (Å²) in [6.45, 7) is 6.31. The van der Waals surface area contributed by atoms with Crippen LogP contribution in [0.2, 0.25) is 0 Å². The first-order chi connectivity index (χ1) is 11.7. The van der Waals surface area contributed by atoms with Gasteiger partial charge in [0.25, 0.3) is 5.56 Å². The van der Waals surface area contributed by atoms with Gasteiger partial charge in [0, 0.05) is 25.7 Å². The molecule has 0 amide bonds. The van der Waals surface area contributed by atoms with Crippen LogP contribution in [0.3, 0.4) is 0 Å². The molecule has 0 aliphatic carbocycles. The molecule has 2 heterocycles. The van der Waals surface area contributed by atoms with E-state index >= 15 is 0 Å². The van der Waals surface area contributed by atoms with Crippen LogP contribution in [0, 0.1) is 0 Å². The number of rotatable bonds is 5. The molecule has 24 heavy (non-hydrogen) atoms. The van der Waals surface area contributed by atoms with Crippen LogP contribution in [0.25, 0.3) is 10.9 Å². The second-order valence-corrected chi connectivity index (χ2v) is 5.69. The van der Waals surface area contributed by atoms with Gasteiger partial charge in [0.05, 0.1) is 44.9 Å². The largest absolute Gasteiger partial charge is 0.493 e. The van der Waals surface area contributed by atoms with Crippen molar-refractivity contribution in [1.29, 1.82) is 0 Å². The Bertz CT molecular complexity index is 781. The number of methoxy groups -OCH3 is 2. The number of ether oxygens (including phenoxy) is 3. The maximum absolute atomic E-state index is 12.9. The van der Waals surface area contributed by atoms with E-state index < -0.39 is 0 Å². The molecule has 0 bridgehead atoms. The zero-order chi connectivity index (χ0) is 17.1. The molecule has 3 rings (SSSR count). The second kappa shape index (κ2) is 7.19. The molecular weight excluding hydrogens is 310 g/mol. The van der Waals surface area contributed by atoms with Crippen LogP contribution in [0.1, 0.15) is 12.7 Å². The van der Waals surface area contributed by atoms with Crippen molar-refractivity contribution in [3.05, 3.63) is 28.3 Å². The average molecular weight is 333 g/mol. The average Bonchev–Trinajstić information content (AvgIpc) is 2.62. The number of morpholine rings is 1. The monoisotopic (exact) mass is 333 g/mol. The summed E-state index contributed by atoms with van der Waals surface area (Å²) >= 11 is 0. The lowest BCUT2D eigenvalue weighted by atomic mass is 10.2. The van der Waals surface area contributed by atoms with Gasteiger partial charge in [0.2, 0.25) is 0 Å². The molecule has 7 heteroatoms. The lowest BCUT2D eigenvalue weighted by molar-refractivity contribution is 0.0324. The first-order valence-electron chi connectivity index (χ1n) is 8.13. The number of nitrogens with zero attached hydrogens (tertiary/aromatic N) is 3. The fraction of sp³-hybridized carbons (Fsp3) is 0.529. The SMILES string of the molecule is CCn1c(CN2CCOCC2)nc2cc(OC)c(OC)cc2c1=O. The molecule has 1 fully saturated rings. The maximum Gasteiger partial charge on any atom is 0.261 e. The van der Waals surface area contributed by atoms with Crippen molar-refractivity contribution >= 4 is 10.9 Å². The molecule has 1 aromatic carbocycles. The summed E-state index contributed by atoms with van der Waals surface area (Å²) in [7, 11) is 3.13. The first-order valence-corrected chi connectivity index (χ1v) is 8.13. The van der Waals surface area contributed by atoms with Crippen molar-refractivity contribution in [3.8, 4) is 11.5 Å². The van der Waals surface area contributed by atoms with E-state index in [-0.39, 0.29) is 5.56 Å². The van der Waals surface area contributed by atoms with E-state index in [4.69, 9.17) is 19.2 Å². The molecule has 1 saturated heterocycles. The summed E-state index contributed by atoms with van der Waals surface area (Å²) in [6, 6.07) is 3.46. The van der Waals surface area contributed by atoms with Gasteiger partial charge in [-0.05, 0) is 13.0 Å². The van der Waals surface area contributed by atoms with E-state index in [0.717, 1.165) is 32.1 Å². The number of aromatic nitrogens is 2. The highest BCUT2D eigenvalue weighted by molar-refractivity contribution is 5.82. The highest BCUT2D eigenvalue weighted by atomic mass is 16.5. The van der Waals surface area contributed by atoms with Crippen LogP contribution >= 0.6 is 0 Å². The summed E-state index contributed by atoms with van der Waals surface area (Å²) in [5.41, 5.74) is 0.581. The van der Waals surface area contributed by atoms with Gasteiger partial charge < -0.3 is 14.2 Å². The van der Waals surface area contributed by atoms with E-state index in [2.05, 4.69) is 4.90 Å². The van der Waals surface area contributed by atoms with Gasteiger partial charge in [-0.3, -0.25) is 14.3 Å². The van der Waals surface area contributed by atoms with Gasteiger partial charge in [-0.15, -0.1) is 0 Å². The molecule has 0 N–H and O–H groups in total. The Morgan fingerprint density at radius 2 is 1.83 bits per heavy atom. The van der Waals surface area contributed by atoms with E-state index in [1.54, 1.807) is 30.9 Å². The Morgan fingerprint density at radius 1 is 1.17 bits per heavy atom. The van der Waals surface area contributed by atoms with E-state index in [1.165, 1.54) is 0 Å². The van der Waals surface area contributed by atoms with Crippen LogP contribution in [0.4, 0.5) is 0 Å². The third-order valence-corrected chi connectivity index (χ3v) is 4.32. The van der Waals surface area contributed by atoms with Crippen molar-refractivity contribution in [2.75, 3.05) is 40.5 Å². The van der Waals surface area contributed by atoms with Crippen molar-refractivity contribution < 1.29 is 14.2 Å². The number of benzene rings is 1. The third kappa shape index (κ3) is 3.09. The van der Waals surface area contributed by atoms with E-state index in [9.17, 15) is 4.79 Å². The summed E-state index contributed by atoms with van der Waals surface area (Å²) in [6.07, 6.45) is 0. The Balaban J connectivity index is 2.09. The topological polar surface area (TPSA) is 65.8 Å². The number of fused-ring (bicyclic) bond motifs is 1. The predicted molar refractivity (Wildman–Crippen MR) is 90.9 cm³/mol. The zero-order valence-electron chi connectivity index (χ0n) is 14.4. The fourth-order valence-corrected chi connectivity index (χ4v) is 3.00. The zero-order valence-corrected chi connectivity index (χ0v) is 14.4. The minimum absolute atomic E-state index is 0.0493. The smallest absolute Gasteiger partial charge is 0.261 e. The highest BCUT2D eigenvalue weighted by Crippen LogP contribution is 2.30. The van der Waals surface area contributed by atoms with Gasteiger partial charge in [-0.1, -0.05) is 0 Å². The van der Waals surface area contributed by atoms with Gasteiger partial charge in [0.1, 0.15) is 5.82 Å². The van der Waals surface area contributed by atoms with Crippen molar-refractivity contribution in [1.82, 2.24) is 14.5 Å². The van der Waals surface area contributed by atoms with Crippen molar-refractivity contribution in [3.63, 3.8) is 0 Å². The highest BCUT2D eigenvalue weighted by Gasteiger charge is 2.17. The van der Waals surface area contributed by atoms with Gasteiger partial charge in [-0.25, -0.2) is 4.98 Å². The number of hydrogen-bond donors (Lipinski definition) is 0. The normalized spacial score (nSPS) is 15.6. The van der Waals surface area contributed by atoms with Crippen molar-refractivity contribution in [2.45, 2.75) is 20.0 Å². The lowest BCUT2D eigenvalue weighted by Gasteiger charge is -2.27. The lowest BCUT2D eigenvalue weighted by Crippen LogP contribution is -2.38. The Labute approximate surface area is 140 Å². The van der Waals surface area contributed by atoms with Crippen LogP contribution in [-0.4, -0.2) is 55.0 Å². The fourth-order valence-electron chi connectivity index (χ4n) is 3.00. The molecule has 0 spiro atoms. The summed E-state index contributed by atoms with van der Waals surface area (Å²) in [5.74, 6) is 1.88. The minimum Gasteiger partial charge on any atom is -0.493 e. The molecule has 0 unspecified atom stereocenters. The quantitative estimate of drug-likeness (QED) is 0.821. The molecule has 1 aliphatic heterocycles. The van der Waals surface area contributed by atoms with E-state index in [0.29, 0.717) is 35.5 Å². The molecule has 0 radical (unpaired) electrons. The first kappa shape index (κ1) is 16.7. The van der Waals surface area contributed by atoms with Crippen LogP contribution < -0.4 is 15.0 Å². The minimum atomic E-state index is -0.0493. The molecule has 130 valence electrons. The van der Waals surface area contributed by atoms with Crippen molar-refractivity contribution in [2.24, 2.45) is 0 Å². The molecule has 1 aromatic heterocycles. The Kier molecular flexibility index (Phi) is 5.01. The Morgan fingerprint density at radius 3 is 2.46 bits per heavy atom. The summed E-state index contributed by atoms with van der Waals surface area (Å²) in [4.78, 5) is 19.9. The summed E-state index contributed by atoms with van der Waals surface area (Å²) in [5, 5.41) is 0.542. The standard InChI is InChI=1S/C17H23N3O4/c1-4-20-16(11-19-5-7-24-8-6-19)18-13-10-15(23-3)14(22-2)9-12(13)17(20)21/h9-10H,4-8,11H2,1-3H3.